The highest BCUT2D eigenvalue weighted by Crippen LogP contribution is 2.30. The van der Waals surface area contributed by atoms with Crippen LogP contribution in [0.25, 0.3) is 17.0 Å². The molecule has 1 aromatic heterocycles. The zero-order valence-electron chi connectivity index (χ0n) is 23.6. The molecule has 0 fully saturated rings. The number of para-hydroxylation sites is 1. The standard InChI is InChI=1S/C34H28BrFN4O3S/c1-2-31(34(43)39-29-16-15-23(35)18-27(29)36)44-25-12-8-11-24(19-25)38-33(42)30(40-32(41)21-9-4-3-5-10-21)17-22-20-37-28-14-7-6-13-26(22)28/h3-20,31,37H,2H2,1H3,(H,38,42)(H,39,43)(H,40,41)/b30-17-. The predicted molar refractivity (Wildman–Crippen MR) is 178 cm³/mol. The lowest BCUT2D eigenvalue weighted by molar-refractivity contribution is -0.116. The quantitative estimate of drug-likeness (QED) is 0.0893. The van der Waals surface area contributed by atoms with E-state index in [0.29, 0.717) is 22.1 Å². The van der Waals surface area contributed by atoms with Crippen molar-refractivity contribution in [2.24, 2.45) is 0 Å². The van der Waals surface area contributed by atoms with E-state index in [4.69, 9.17) is 0 Å². The molecule has 7 nitrogen and oxygen atoms in total. The maximum absolute atomic E-state index is 14.3. The normalized spacial score (nSPS) is 12.0. The fraction of sp³-hybridized carbons (Fsp3) is 0.0882. The summed E-state index contributed by atoms with van der Waals surface area (Å²) in [6, 6.07) is 27.8. The topological polar surface area (TPSA) is 103 Å². The maximum atomic E-state index is 14.3. The van der Waals surface area contributed by atoms with Crippen molar-refractivity contribution in [1.82, 2.24) is 10.3 Å². The summed E-state index contributed by atoms with van der Waals surface area (Å²) in [5.74, 6) is -1.80. The summed E-state index contributed by atoms with van der Waals surface area (Å²) in [7, 11) is 0. The molecule has 0 saturated heterocycles. The SMILES string of the molecule is CCC(Sc1cccc(NC(=O)/C(=C/c2c[nH]c3ccccc23)NC(=O)c2ccccc2)c1)C(=O)Nc1ccc(Br)cc1F. The van der Waals surface area contributed by atoms with Gasteiger partial charge in [-0.25, -0.2) is 4.39 Å². The van der Waals surface area contributed by atoms with Crippen LogP contribution in [0.2, 0.25) is 0 Å². The third-order valence-corrected chi connectivity index (χ3v) is 8.52. The molecular formula is C34H28BrFN4O3S. The number of hydrogen-bond acceptors (Lipinski definition) is 4. The number of hydrogen-bond donors (Lipinski definition) is 4. The van der Waals surface area contributed by atoms with Gasteiger partial charge in [-0.15, -0.1) is 11.8 Å². The first-order valence-corrected chi connectivity index (χ1v) is 15.5. The van der Waals surface area contributed by atoms with Gasteiger partial charge in [0.15, 0.2) is 0 Å². The average molecular weight is 672 g/mol. The first kappa shape index (κ1) is 30.8. The van der Waals surface area contributed by atoms with Crippen LogP contribution in [0, 0.1) is 5.82 Å². The number of anilines is 2. The number of amides is 3. The van der Waals surface area contributed by atoms with Gasteiger partial charge in [0.05, 0.1) is 10.9 Å². The Balaban J connectivity index is 1.34. The molecule has 5 aromatic rings. The van der Waals surface area contributed by atoms with Crippen LogP contribution in [0.15, 0.2) is 118 Å². The summed E-state index contributed by atoms with van der Waals surface area (Å²) in [6.45, 7) is 1.87. The van der Waals surface area contributed by atoms with Gasteiger partial charge < -0.3 is 20.9 Å². The Bertz CT molecular complexity index is 1860. The van der Waals surface area contributed by atoms with Gasteiger partial charge in [-0.05, 0) is 67.1 Å². The van der Waals surface area contributed by atoms with Crippen molar-refractivity contribution in [2.45, 2.75) is 23.5 Å². The van der Waals surface area contributed by atoms with E-state index >= 15 is 0 Å². The number of aromatic nitrogens is 1. The Labute approximate surface area is 266 Å². The highest BCUT2D eigenvalue weighted by atomic mass is 79.9. The number of fused-ring (bicyclic) bond motifs is 1. The van der Waals surface area contributed by atoms with Gasteiger partial charge in [-0.2, -0.15) is 0 Å². The highest BCUT2D eigenvalue weighted by Gasteiger charge is 2.21. The van der Waals surface area contributed by atoms with E-state index in [0.717, 1.165) is 21.4 Å². The van der Waals surface area contributed by atoms with Crippen molar-refractivity contribution in [3.05, 3.63) is 130 Å². The predicted octanol–water partition coefficient (Wildman–Crippen LogP) is 7.99. The van der Waals surface area contributed by atoms with Crippen molar-refractivity contribution >= 4 is 73.8 Å². The number of rotatable bonds is 10. The average Bonchev–Trinajstić information content (AvgIpc) is 3.44. The summed E-state index contributed by atoms with van der Waals surface area (Å²) in [5.41, 5.74) is 2.69. The number of carbonyl (C=O) groups is 3. The molecule has 3 amide bonds. The van der Waals surface area contributed by atoms with Gasteiger partial charge in [0.1, 0.15) is 11.5 Å². The molecule has 0 spiro atoms. The number of nitrogens with one attached hydrogen (secondary N) is 4. The number of aromatic amines is 1. The van der Waals surface area contributed by atoms with E-state index in [1.165, 1.54) is 23.9 Å². The smallest absolute Gasteiger partial charge is 0.272 e. The lowest BCUT2D eigenvalue weighted by Gasteiger charge is -2.16. The van der Waals surface area contributed by atoms with Crippen LogP contribution in [-0.2, 0) is 9.59 Å². The lowest BCUT2D eigenvalue weighted by atomic mass is 10.1. The molecule has 5 rings (SSSR count). The van der Waals surface area contributed by atoms with E-state index in [9.17, 15) is 18.8 Å². The second kappa shape index (κ2) is 14.2. The Morgan fingerprint density at radius 2 is 1.70 bits per heavy atom. The van der Waals surface area contributed by atoms with E-state index in [-0.39, 0.29) is 17.3 Å². The number of carbonyl (C=O) groups excluding carboxylic acids is 3. The van der Waals surface area contributed by atoms with Crippen molar-refractivity contribution in [1.29, 1.82) is 0 Å². The van der Waals surface area contributed by atoms with Gasteiger partial charge in [-0.1, -0.05) is 65.3 Å². The second-order valence-electron chi connectivity index (χ2n) is 9.78. The van der Waals surface area contributed by atoms with E-state index in [2.05, 4.69) is 36.9 Å². The second-order valence-corrected chi connectivity index (χ2v) is 12.0. The highest BCUT2D eigenvalue weighted by molar-refractivity contribution is 9.10. The van der Waals surface area contributed by atoms with Gasteiger partial charge in [0, 0.05) is 43.3 Å². The number of halogens is 2. The first-order valence-electron chi connectivity index (χ1n) is 13.8. The van der Waals surface area contributed by atoms with Gasteiger partial charge in [-0.3, -0.25) is 14.4 Å². The third-order valence-electron chi connectivity index (χ3n) is 6.67. The van der Waals surface area contributed by atoms with Crippen LogP contribution in [-0.4, -0.2) is 28.0 Å². The van der Waals surface area contributed by atoms with Crippen LogP contribution in [0.4, 0.5) is 15.8 Å². The van der Waals surface area contributed by atoms with E-state index in [1.54, 1.807) is 60.8 Å². The fourth-order valence-electron chi connectivity index (χ4n) is 4.45. The molecular weight excluding hydrogens is 643 g/mol. The molecule has 4 aromatic carbocycles. The van der Waals surface area contributed by atoms with Crippen LogP contribution in [0.3, 0.4) is 0 Å². The number of H-pyrrole nitrogens is 1. The monoisotopic (exact) mass is 670 g/mol. The van der Waals surface area contributed by atoms with Gasteiger partial charge in [0.25, 0.3) is 11.8 Å². The summed E-state index contributed by atoms with van der Waals surface area (Å²) in [5, 5.41) is 8.69. The number of thioether (sulfide) groups is 1. The molecule has 0 aliphatic rings. The van der Waals surface area contributed by atoms with Gasteiger partial charge >= 0.3 is 0 Å². The molecule has 0 saturated carbocycles. The summed E-state index contributed by atoms with van der Waals surface area (Å²) >= 11 is 4.52. The fourth-order valence-corrected chi connectivity index (χ4v) is 5.79. The summed E-state index contributed by atoms with van der Waals surface area (Å²) < 4.78 is 14.9. The zero-order chi connectivity index (χ0) is 31.1. The Kier molecular flexibility index (Phi) is 9.93. The molecule has 1 atom stereocenters. The number of benzene rings is 4. The summed E-state index contributed by atoms with van der Waals surface area (Å²) in [6.07, 6.45) is 3.90. The van der Waals surface area contributed by atoms with Crippen LogP contribution in [0.1, 0.15) is 29.3 Å². The Morgan fingerprint density at radius 3 is 2.48 bits per heavy atom. The zero-order valence-corrected chi connectivity index (χ0v) is 26.0. The third kappa shape index (κ3) is 7.64. The molecule has 0 aliphatic heterocycles. The minimum absolute atomic E-state index is 0.0593. The summed E-state index contributed by atoms with van der Waals surface area (Å²) in [4.78, 5) is 43.5. The molecule has 44 heavy (non-hydrogen) atoms. The molecule has 1 heterocycles. The Morgan fingerprint density at radius 1 is 0.932 bits per heavy atom. The molecule has 222 valence electrons. The molecule has 10 heteroatoms. The van der Waals surface area contributed by atoms with Gasteiger partial charge in [0.2, 0.25) is 5.91 Å². The minimum Gasteiger partial charge on any atom is -0.361 e. The lowest BCUT2D eigenvalue weighted by Crippen LogP contribution is -2.30. The van der Waals surface area contributed by atoms with E-state index in [1.807, 2.05) is 43.3 Å². The molecule has 0 radical (unpaired) electrons. The van der Waals surface area contributed by atoms with Crippen molar-refractivity contribution < 1.29 is 18.8 Å². The van der Waals surface area contributed by atoms with Crippen molar-refractivity contribution in [2.75, 3.05) is 10.6 Å². The van der Waals surface area contributed by atoms with Crippen molar-refractivity contribution in [3.63, 3.8) is 0 Å². The van der Waals surface area contributed by atoms with Crippen LogP contribution in [0.5, 0.6) is 0 Å². The minimum atomic E-state index is -0.534. The molecule has 1 unspecified atom stereocenters. The maximum Gasteiger partial charge on any atom is 0.272 e. The largest absolute Gasteiger partial charge is 0.361 e. The first-order chi connectivity index (χ1) is 21.3. The van der Waals surface area contributed by atoms with Crippen molar-refractivity contribution in [3.8, 4) is 0 Å². The molecule has 0 bridgehead atoms. The van der Waals surface area contributed by atoms with Crippen LogP contribution >= 0.6 is 27.7 Å². The molecule has 0 aliphatic carbocycles. The molecule has 4 N–H and O–H groups in total. The van der Waals surface area contributed by atoms with Crippen LogP contribution < -0.4 is 16.0 Å². The Hall–Kier alpha value is -4.67. The van der Waals surface area contributed by atoms with E-state index < -0.39 is 22.9 Å².